The van der Waals surface area contributed by atoms with E-state index in [1.165, 1.54) is 37.7 Å². The minimum absolute atomic E-state index is 0.0306. The molecule has 0 aliphatic carbocycles. The molecule has 1 heterocycles. The Hall–Kier alpha value is -2.37. The highest BCUT2D eigenvalue weighted by Gasteiger charge is 2.34. The van der Waals surface area contributed by atoms with E-state index in [0.29, 0.717) is 12.0 Å². The molecule has 2 aromatic rings. The number of nitrogens with zero attached hydrogens (tertiary/aromatic N) is 1. The number of aromatic nitrogens is 1. The largest absolute Gasteiger partial charge is 0.495 e. The van der Waals surface area contributed by atoms with Gasteiger partial charge in [0.1, 0.15) is 12.0 Å². The zero-order chi connectivity index (χ0) is 14.8. The van der Waals surface area contributed by atoms with E-state index in [2.05, 4.69) is 4.98 Å². The number of hydrogen-bond acceptors (Lipinski definition) is 3. The number of alkyl halides is 3. The molecule has 0 saturated heterocycles. The maximum atomic E-state index is 13.1. The Morgan fingerprint density at radius 1 is 1.20 bits per heavy atom. The third-order valence-electron chi connectivity index (χ3n) is 2.74. The van der Waals surface area contributed by atoms with E-state index in [-0.39, 0.29) is 16.7 Å². The van der Waals surface area contributed by atoms with Crippen LogP contribution in [0.4, 0.5) is 13.2 Å². The van der Waals surface area contributed by atoms with Crippen LogP contribution in [0.2, 0.25) is 0 Å². The smallest absolute Gasteiger partial charge is 0.417 e. The predicted octanol–water partition coefficient (Wildman–Crippen LogP) is 3.59. The van der Waals surface area contributed by atoms with Gasteiger partial charge in [-0.3, -0.25) is 9.78 Å². The number of halogens is 3. The predicted molar refractivity (Wildman–Crippen MR) is 66.6 cm³/mol. The molecule has 1 aromatic carbocycles. The van der Waals surface area contributed by atoms with Gasteiger partial charge >= 0.3 is 6.18 Å². The molecule has 20 heavy (non-hydrogen) atoms. The average Bonchev–Trinajstić information content (AvgIpc) is 2.45. The minimum atomic E-state index is -4.56. The zero-order valence-corrected chi connectivity index (χ0v) is 10.4. The summed E-state index contributed by atoms with van der Waals surface area (Å²) in [4.78, 5) is 14.5. The summed E-state index contributed by atoms with van der Waals surface area (Å²) in [7, 11) is 1.40. The fourth-order valence-electron chi connectivity index (χ4n) is 1.80. The van der Waals surface area contributed by atoms with E-state index in [4.69, 9.17) is 4.74 Å². The first-order valence-corrected chi connectivity index (χ1v) is 5.61. The first kappa shape index (κ1) is 14.0. The van der Waals surface area contributed by atoms with Crippen LogP contribution < -0.4 is 4.74 Å². The van der Waals surface area contributed by atoms with Crippen LogP contribution in [0.25, 0.3) is 11.1 Å². The Labute approximate surface area is 113 Å². The van der Waals surface area contributed by atoms with Gasteiger partial charge in [0.05, 0.1) is 18.9 Å². The van der Waals surface area contributed by atoms with Crippen LogP contribution in [0.1, 0.15) is 15.9 Å². The fourth-order valence-corrected chi connectivity index (χ4v) is 1.80. The molecule has 0 aliphatic heterocycles. The van der Waals surface area contributed by atoms with Crippen molar-refractivity contribution in [1.29, 1.82) is 0 Å². The van der Waals surface area contributed by atoms with E-state index in [1.807, 2.05) is 0 Å². The molecular formula is C14H10F3NO2. The summed E-state index contributed by atoms with van der Waals surface area (Å²) in [6, 6.07) is 4.86. The van der Waals surface area contributed by atoms with Crippen molar-refractivity contribution in [2.45, 2.75) is 6.18 Å². The van der Waals surface area contributed by atoms with Crippen molar-refractivity contribution in [3.05, 3.63) is 47.8 Å². The molecule has 0 bridgehead atoms. The van der Waals surface area contributed by atoms with Gasteiger partial charge in [-0.05, 0) is 17.7 Å². The topological polar surface area (TPSA) is 39.2 Å². The van der Waals surface area contributed by atoms with E-state index in [1.54, 1.807) is 0 Å². The standard InChI is InChI=1S/C14H10F3NO2/c1-20-11-5-10(6-18-7-11)12-3-2-9(8-19)4-13(12)14(15,16)17/h2-8H,1H3. The lowest BCUT2D eigenvalue weighted by atomic mass is 9.98. The van der Waals surface area contributed by atoms with Gasteiger partial charge in [0.15, 0.2) is 0 Å². The van der Waals surface area contributed by atoms with Crippen molar-refractivity contribution in [3.8, 4) is 16.9 Å². The molecule has 0 N–H and O–H groups in total. The highest BCUT2D eigenvalue weighted by atomic mass is 19.4. The molecule has 0 amide bonds. The van der Waals surface area contributed by atoms with Crippen LogP contribution in [0.3, 0.4) is 0 Å². The Morgan fingerprint density at radius 2 is 1.95 bits per heavy atom. The maximum absolute atomic E-state index is 13.1. The summed E-state index contributed by atoms with van der Waals surface area (Å²) in [5.41, 5.74) is -0.683. The van der Waals surface area contributed by atoms with Gasteiger partial charge in [-0.2, -0.15) is 13.2 Å². The van der Waals surface area contributed by atoms with Crippen LogP contribution in [0.15, 0.2) is 36.7 Å². The number of hydrogen-bond donors (Lipinski definition) is 0. The molecule has 0 spiro atoms. The molecule has 0 atom stereocenters. The number of aldehydes is 1. The Bertz CT molecular complexity index is 639. The monoisotopic (exact) mass is 281 g/mol. The normalized spacial score (nSPS) is 11.2. The van der Waals surface area contributed by atoms with Crippen molar-refractivity contribution in [2.24, 2.45) is 0 Å². The third kappa shape index (κ3) is 2.79. The summed E-state index contributed by atoms with van der Waals surface area (Å²) in [5.74, 6) is 0.357. The summed E-state index contributed by atoms with van der Waals surface area (Å²) in [5, 5.41) is 0. The van der Waals surface area contributed by atoms with Crippen molar-refractivity contribution < 1.29 is 22.7 Å². The zero-order valence-electron chi connectivity index (χ0n) is 10.4. The van der Waals surface area contributed by atoms with Gasteiger partial charge < -0.3 is 4.74 Å². The molecule has 0 saturated carbocycles. The maximum Gasteiger partial charge on any atom is 0.417 e. The first-order chi connectivity index (χ1) is 9.45. The molecule has 0 fully saturated rings. The highest BCUT2D eigenvalue weighted by Crippen LogP contribution is 2.38. The van der Waals surface area contributed by atoms with Gasteiger partial charge in [-0.1, -0.05) is 12.1 Å². The number of ether oxygens (including phenoxy) is 1. The number of carbonyl (C=O) groups excluding carboxylic acids is 1. The fraction of sp³-hybridized carbons (Fsp3) is 0.143. The second-order valence-corrected chi connectivity index (χ2v) is 4.03. The van der Waals surface area contributed by atoms with Crippen molar-refractivity contribution in [3.63, 3.8) is 0 Å². The number of rotatable bonds is 3. The molecule has 0 aliphatic rings. The van der Waals surface area contributed by atoms with Gasteiger partial charge in [0.2, 0.25) is 0 Å². The molecule has 6 heteroatoms. The van der Waals surface area contributed by atoms with E-state index >= 15 is 0 Å². The van der Waals surface area contributed by atoms with Gasteiger partial charge in [-0.25, -0.2) is 0 Å². The highest BCUT2D eigenvalue weighted by molar-refractivity contribution is 5.79. The number of carbonyl (C=O) groups is 1. The van der Waals surface area contributed by atoms with Crippen molar-refractivity contribution in [1.82, 2.24) is 4.98 Å². The van der Waals surface area contributed by atoms with E-state index < -0.39 is 11.7 Å². The minimum Gasteiger partial charge on any atom is -0.495 e. The van der Waals surface area contributed by atoms with Gasteiger partial charge in [0.25, 0.3) is 0 Å². The lowest BCUT2D eigenvalue weighted by Gasteiger charge is -2.13. The van der Waals surface area contributed by atoms with E-state index in [9.17, 15) is 18.0 Å². The molecule has 0 radical (unpaired) electrons. The molecule has 1 aromatic heterocycles. The average molecular weight is 281 g/mol. The SMILES string of the molecule is COc1cncc(-c2ccc(C=O)cc2C(F)(F)F)c1. The van der Waals surface area contributed by atoms with Crippen LogP contribution in [0, 0.1) is 0 Å². The Morgan fingerprint density at radius 3 is 2.55 bits per heavy atom. The van der Waals surface area contributed by atoms with Crippen molar-refractivity contribution >= 4 is 6.29 Å². The van der Waals surface area contributed by atoms with Crippen molar-refractivity contribution in [2.75, 3.05) is 7.11 Å². The summed E-state index contributed by atoms with van der Waals surface area (Å²) < 4.78 is 44.1. The Kier molecular flexibility index (Phi) is 3.74. The number of pyridine rings is 1. The Balaban J connectivity index is 2.63. The summed E-state index contributed by atoms with van der Waals surface area (Å²) in [6.07, 6.45) is -1.47. The molecule has 2 rings (SSSR count). The van der Waals surface area contributed by atoms with Crippen LogP contribution in [-0.2, 0) is 6.18 Å². The second kappa shape index (κ2) is 5.32. The van der Waals surface area contributed by atoms with Crippen LogP contribution in [0.5, 0.6) is 5.75 Å². The molecule has 3 nitrogen and oxygen atoms in total. The molecule has 104 valence electrons. The van der Waals surface area contributed by atoms with Crippen LogP contribution >= 0.6 is 0 Å². The first-order valence-electron chi connectivity index (χ1n) is 5.61. The molecular weight excluding hydrogens is 271 g/mol. The van der Waals surface area contributed by atoms with Crippen LogP contribution in [-0.4, -0.2) is 18.4 Å². The van der Waals surface area contributed by atoms with Gasteiger partial charge in [0, 0.05) is 17.3 Å². The summed E-state index contributed by atoms with van der Waals surface area (Å²) in [6.45, 7) is 0. The quantitative estimate of drug-likeness (QED) is 0.807. The van der Waals surface area contributed by atoms with E-state index in [0.717, 1.165) is 6.07 Å². The number of methoxy groups -OCH3 is 1. The second-order valence-electron chi connectivity index (χ2n) is 4.03. The number of benzene rings is 1. The lowest BCUT2D eigenvalue weighted by Crippen LogP contribution is -2.08. The van der Waals surface area contributed by atoms with Gasteiger partial charge in [-0.15, -0.1) is 0 Å². The lowest BCUT2D eigenvalue weighted by molar-refractivity contribution is -0.137. The third-order valence-corrected chi connectivity index (χ3v) is 2.74. The summed E-state index contributed by atoms with van der Waals surface area (Å²) >= 11 is 0. The molecule has 0 unspecified atom stereocenters.